The maximum Gasteiger partial charge on any atom is 0.264 e. The number of nitrogen functional groups attached to an aromatic ring is 1. The van der Waals surface area contributed by atoms with Crippen LogP contribution < -0.4 is 11.5 Å². The van der Waals surface area contributed by atoms with Crippen LogP contribution in [0.25, 0.3) is 21.6 Å². The van der Waals surface area contributed by atoms with Crippen molar-refractivity contribution in [3.63, 3.8) is 0 Å². The molecule has 174 valence electrons. The van der Waals surface area contributed by atoms with Gasteiger partial charge >= 0.3 is 0 Å². The summed E-state index contributed by atoms with van der Waals surface area (Å²) in [5, 5.41) is 9.12. The number of carbonyl (C=O) groups excluding carboxylic acids is 1. The van der Waals surface area contributed by atoms with Crippen LogP contribution in [0.2, 0.25) is 0 Å². The first-order valence-electron chi connectivity index (χ1n) is 11.0. The lowest BCUT2D eigenvalue weighted by Gasteiger charge is -2.30. The number of nitrogens with two attached hydrogens (primary N) is 2. The monoisotopic (exact) mass is 475 g/mol. The molecule has 0 spiro atoms. The number of nitrogens with zero attached hydrogens (tertiary/aromatic N) is 3. The Labute approximate surface area is 202 Å². The number of rotatable bonds is 4. The summed E-state index contributed by atoms with van der Waals surface area (Å²) in [5.74, 6) is -0.678. The largest absolute Gasteiger partial charge is 0.398 e. The van der Waals surface area contributed by atoms with Gasteiger partial charge in [0.25, 0.3) is 5.91 Å². The number of halogens is 1. The van der Waals surface area contributed by atoms with Gasteiger partial charge in [0.1, 0.15) is 11.9 Å². The van der Waals surface area contributed by atoms with Crippen molar-refractivity contribution in [3.8, 4) is 27.6 Å². The van der Waals surface area contributed by atoms with Crippen LogP contribution in [0.5, 0.6) is 0 Å². The maximum absolute atomic E-state index is 14.5. The van der Waals surface area contributed by atoms with E-state index in [1.165, 1.54) is 23.5 Å². The van der Waals surface area contributed by atoms with Crippen LogP contribution in [0.15, 0.2) is 47.5 Å². The Balaban J connectivity index is 1.85. The van der Waals surface area contributed by atoms with Gasteiger partial charge in [0.05, 0.1) is 10.4 Å². The van der Waals surface area contributed by atoms with Crippen molar-refractivity contribution in [2.45, 2.75) is 25.8 Å². The number of likely N-dealkylation sites (tertiary alicyclic amines) is 1. The van der Waals surface area contributed by atoms with E-state index in [9.17, 15) is 9.18 Å². The predicted molar refractivity (Wildman–Crippen MR) is 136 cm³/mol. The topological polar surface area (TPSA) is 108 Å². The predicted octanol–water partition coefficient (Wildman–Crippen LogP) is 4.68. The zero-order chi connectivity index (χ0) is 24.4. The first kappa shape index (κ1) is 23.6. The molecule has 1 fully saturated rings. The molecular weight excluding hydrogens is 449 g/mol. The van der Waals surface area contributed by atoms with Crippen molar-refractivity contribution < 1.29 is 9.18 Å². The lowest BCUT2D eigenvalue weighted by atomic mass is 9.98. The summed E-state index contributed by atoms with van der Waals surface area (Å²) < 4.78 is 14.5. The third kappa shape index (κ3) is 4.58. The molecule has 6 nitrogen and oxygen atoms in total. The summed E-state index contributed by atoms with van der Waals surface area (Å²) in [4.78, 5) is 20.8. The minimum Gasteiger partial charge on any atom is -0.398 e. The fraction of sp³-hybridized carbons (Fsp3) is 0.269. The molecular formula is C26H26FN5OS. The van der Waals surface area contributed by atoms with Crippen LogP contribution in [-0.2, 0) is 0 Å². The molecule has 0 bridgehead atoms. The lowest BCUT2D eigenvalue weighted by Crippen LogP contribution is -2.45. The third-order valence-corrected chi connectivity index (χ3v) is 7.30. The number of anilines is 1. The van der Waals surface area contributed by atoms with Crippen molar-refractivity contribution in [2.24, 2.45) is 10.7 Å². The van der Waals surface area contributed by atoms with Gasteiger partial charge in [-0.15, -0.1) is 11.3 Å². The van der Waals surface area contributed by atoms with E-state index in [4.69, 9.17) is 16.7 Å². The Kier molecular flexibility index (Phi) is 6.77. The van der Waals surface area contributed by atoms with Crippen molar-refractivity contribution >= 4 is 28.6 Å². The van der Waals surface area contributed by atoms with Crippen LogP contribution in [0.4, 0.5) is 10.1 Å². The number of benzene rings is 2. The Morgan fingerprint density at radius 1 is 1.24 bits per heavy atom. The second-order valence-corrected chi connectivity index (χ2v) is 9.48. The van der Waals surface area contributed by atoms with Crippen LogP contribution in [0, 0.1) is 17.1 Å². The maximum atomic E-state index is 14.5. The normalized spacial score (nSPS) is 16.4. The number of carbonyl (C=O) groups is 1. The number of thiophene rings is 1. The van der Waals surface area contributed by atoms with Gasteiger partial charge in [-0.25, -0.2) is 4.39 Å². The average molecular weight is 476 g/mol. The third-order valence-electron chi connectivity index (χ3n) is 6.13. The SMILES string of the molecule is CN=C(C)c1cc(-c2sc(C(=O)N3CCCC(N)C3)cc2-c2ccc(C#N)c(F)c2)ccc1N. The van der Waals surface area contributed by atoms with Crippen molar-refractivity contribution in [3.05, 3.63) is 64.3 Å². The van der Waals surface area contributed by atoms with Crippen LogP contribution >= 0.6 is 11.3 Å². The first-order valence-corrected chi connectivity index (χ1v) is 11.9. The number of hydrogen-bond acceptors (Lipinski definition) is 6. The van der Waals surface area contributed by atoms with E-state index in [1.807, 2.05) is 31.2 Å². The number of amides is 1. The number of nitriles is 1. The van der Waals surface area contributed by atoms with Gasteiger partial charge in [0, 0.05) is 53.6 Å². The quantitative estimate of drug-likeness (QED) is 0.422. The van der Waals surface area contributed by atoms with Gasteiger partial charge < -0.3 is 16.4 Å². The summed E-state index contributed by atoms with van der Waals surface area (Å²) in [6, 6.07) is 13.8. The molecule has 1 aliphatic rings. The zero-order valence-electron chi connectivity index (χ0n) is 19.1. The highest BCUT2D eigenvalue weighted by atomic mass is 32.1. The summed E-state index contributed by atoms with van der Waals surface area (Å²) in [5.41, 5.74) is 16.6. The Morgan fingerprint density at radius 2 is 2.00 bits per heavy atom. The smallest absolute Gasteiger partial charge is 0.264 e. The second kappa shape index (κ2) is 9.75. The minimum absolute atomic E-state index is 0.0244. The van der Waals surface area contributed by atoms with Gasteiger partial charge in [0.2, 0.25) is 0 Å². The fourth-order valence-electron chi connectivity index (χ4n) is 4.18. The standard InChI is InChI=1S/C26H26FN5OS/c1-15(31-2)20-10-17(7-8-23(20)30)25-21(16-5-6-18(13-28)22(27)11-16)12-24(34-25)26(33)32-9-3-4-19(29)14-32/h5-8,10-12,19H,3-4,9,14,29-30H2,1-2H3. The molecule has 8 heteroatoms. The number of hydrogen-bond donors (Lipinski definition) is 2. The van der Waals surface area contributed by atoms with E-state index in [1.54, 1.807) is 24.1 Å². The van der Waals surface area contributed by atoms with E-state index in [-0.39, 0.29) is 17.5 Å². The van der Waals surface area contributed by atoms with Gasteiger partial charge in [0.15, 0.2) is 0 Å². The molecule has 4 N–H and O–H groups in total. The molecule has 0 saturated carbocycles. The molecule has 4 rings (SSSR count). The molecule has 1 unspecified atom stereocenters. The molecule has 1 atom stereocenters. The van der Waals surface area contributed by atoms with Crippen molar-refractivity contribution in [1.82, 2.24) is 4.90 Å². The summed E-state index contributed by atoms with van der Waals surface area (Å²) in [6.07, 6.45) is 1.78. The molecule has 0 aliphatic carbocycles. The zero-order valence-corrected chi connectivity index (χ0v) is 20.0. The molecule has 34 heavy (non-hydrogen) atoms. The molecule has 2 aromatic carbocycles. The van der Waals surface area contributed by atoms with Gasteiger partial charge in [-0.3, -0.25) is 9.79 Å². The second-order valence-electron chi connectivity index (χ2n) is 8.42. The Bertz CT molecular complexity index is 1320. The fourth-order valence-corrected chi connectivity index (χ4v) is 5.32. The molecule has 1 aliphatic heterocycles. The van der Waals surface area contributed by atoms with E-state index >= 15 is 0 Å². The summed E-state index contributed by atoms with van der Waals surface area (Å²) >= 11 is 1.36. The Morgan fingerprint density at radius 3 is 2.68 bits per heavy atom. The molecule has 0 radical (unpaired) electrons. The van der Waals surface area contributed by atoms with Crippen molar-refractivity contribution in [2.75, 3.05) is 25.9 Å². The Hall–Kier alpha value is -3.54. The van der Waals surface area contributed by atoms with E-state index in [0.717, 1.165) is 40.1 Å². The van der Waals surface area contributed by atoms with E-state index in [2.05, 4.69) is 4.99 Å². The summed E-state index contributed by atoms with van der Waals surface area (Å²) in [6.45, 7) is 3.07. The highest BCUT2D eigenvalue weighted by Crippen LogP contribution is 2.41. The lowest BCUT2D eigenvalue weighted by molar-refractivity contribution is 0.0714. The van der Waals surface area contributed by atoms with Crippen LogP contribution in [-0.4, -0.2) is 42.7 Å². The van der Waals surface area contributed by atoms with Crippen LogP contribution in [0.3, 0.4) is 0 Å². The highest BCUT2D eigenvalue weighted by Gasteiger charge is 2.26. The average Bonchev–Trinajstić information content (AvgIpc) is 3.28. The molecule has 2 heterocycles. The molecule has 1 amide bonds. The summed E-state index contributed by atoms with van der Waals surface area (Å²) in [7, 11) is 1.71. The van der Waals surface area contributed by atoms with Gasteiger partial charge in [-0.05, 0) is 61.2 Å². The highest BCUT2D eigenvalue weighted by molar-refractivity contribution is 7.18. The number of aliphatic imine (C=N–C) groups is 1. The molecule has 1 saturated heterocycles. The van der Waals surface area contributed by atoms with Crippen LogP contribution in [0.1, 0.15) is 40.6 Å². The first-order chi connectivity index (χ1) is 16.3. The van der Waals surface area contributed by atoms with Crippen molar-refractivity contribution in [1.29, 1.82) is 5.26 Å². The van der Waals surface area contributed by atoms with Gasteiger partial charge in [-0.1, -0.05) is 12.1 Å². The molecule has 1 aromatic heterocycles. The number of piperidine rings is 1. The van der Waals surface area contributed by atoms with Gasteiger partial charge in [-0.2, -0.15) is 5.26 Å². The van der Waals surface area contributed by atoms with E-state index < -0.39 is 5.82 Å². The minimum atomic E-state index is -0.598. The molecule has 3 aromatic rings. The van der Waals surface area contributed by atoms with E-state index in [0.29, 0.717) is 29.2 Å².